The highest BCUT2D eigenvalue weighted by atomic mass is 15.2. The monoisotopic (exact) mass is 210 g/mol. The van der Waals surface area contributed by atoms with E-state index in [1.165, 1.54) is 58.3 Å². The first-order valence-corrected chi connectivity index (χ1v) is 6.74. The molecular formula is C13H26N2. The van der Waals surface area contributed by atoms with Gasteiger partial charge in [0.15, 0.2) is 0 Å². The van der Waals surface area contributed by atoms with Crippen LogP contribution in [0.1, 0.15) is 46.0 Å². The Balaban J connectivity index is 1.92. The van der Waals surface area contributed by atoms with Gasteiger partial charge in [-0.1, -0.05) is 13.8 Å². The van der Waals surface area contributed by atoms with Crippen LogP contribution in [0.5, 0.6) is 0 Å². The van der Waals surface area contributed by atoms with E-state index in [4.69, 9.17) is 0 Å². The normalized spacial score (nSPS) is 32.2. The first-order valence-electron chi connectivity index (χ1n) is 6.74. The van der Waals surface area contributed by atoms with Gasteiger partial charge in [-0.2, -0.15) is 0 Å². The Hall–Kier alpha value is -0.0800. The summed E-state index contributed by atoms with van der Waals surface area (Å²) in [5, 5.41) is 3.59. The van der Waals surface area contributed by atoms with Crippen molar-refractivity contribution in [2.24, 2.45) is 5.41 Å². The molecule has 1 N–H and O–H groups in total. The molecule has 2 rings (SSSR count). The van der Waals surface area contributed by atoms with Crippen molar-refractivity contribution in [3.63, 3.8) is 0 Å². The van der Waals surface area contributed by atoms with E-state index in [2.05, 4.69) is 24.1 Å². The maximum atomic E-state index is 3.59. The predicted octanol–water partition coefficient (Wildman–Crippen LogP) is 2.25. The highest BCUT2D eigenvalue weighted by Gasteiger charge is 2.36. The van der Waals surface area contributed by atoms with Gasteiger partial charge in [-0.3, -0.25) is 0 Å². The molecule has 1 saturated heterocycles. The molecule has 1 atom stereocenters. The summed E-state index contributed by atoms with van der Waals surface area (Å²) in [4.78, 5) is 2.72. The Morgan fingerprint density at radius 1 is 1.33 bits per heavy atom. The van der Waals surface area contributed by atoms with Crippen LogP contribution in [0.25, 0.3) is 0 Å². The lowest BCUT2D eigenvalue weighted by atomic mass is 9.78. The third-order valence-corrected chi connectivity index (χ3v) is 4.32. The lowest BCUT2D eigenvalue weighted by Gasteiger charge is -2.41. The van der Waals surface area contributed by atoms with Gasteiger partial charge in [-0.15, -0.1) is 0 Å². The van der Waals surface area contributed by atoms with Crippen LogP contribution in [0.15, 0.2) is 0 Å². The Labute approximate surface area is 94.4 Å². The van der Waals surface area contributed by atoms with Gasteiger partial charge in [0.2, 0.25) is 0 Å². The molecule has 2 fully saturated rings. The Bertz CT molecular complexity index is 193. The highest BCUT2D eigenvalue weighted by molar-refractivity contribution is 4.92. The highest BCUT2D eigenvalue weighted by Crippen LogP contribution is 2.35. The Morgan fingerprint density at radius 3 is 2.60 bits per heavy atom. The zero-order chi connectivity index (χ0) is 10.7. The molecule has 0 aromatic heterocycles. The average Bonchev–Trinajstić information content (AvgIpc) is 3.11. The van der Waals surface area contributed by atoms with E-state index in [9.17, 15) is 0 Å². The van der Waals surface area contributed by atoms with Gasteiger partial charge < -0.3 is 10.2 Å². The van der Waals surface area contributed by atoms with Crippen LogP contribution in [0, 0.1) is 5.41 Å². The number of rotatable bonds is 5. The standard InChI is InChI=1S/C13H26N2/c1-3-13(8-5-9-14-10-13)11-15(4-2)12-6-7-12/h12,14H,3-11H2,1-2H3. The molecular weight excluding hydrogens is 184 g/mol. The van der Waals surface area contributed by atoms with Crippen LogP contribution in [0.3, 0.4) is 0 Å². The molecule has 15 heavy (non-hydrogen) atoms. The number of hydrogen-bond donors (Lipinski definition) is 1. The summed E-state index contributed by atoms with van der Waals surface area (Å²) < 4.78 is 0. The van der Waals surface area contributed by atoms with Crippen molar-refractivity contribution in [2.75, 3.05) is 26.2 Å². The summed E-state index contributed by atoms with van der Waals surface area (Å²) in [6.07, 6.45) is 7.03. The third-order valence-electron chi connectivity index (χ3n) is 4.32. The van der Waals surface area contributed by atoms with Crippen molar-refractivity contribution < 1.29 is 0 Å². The minimum Gasteiger partial charge on any atom is -0.316 e. The molecule has 0 spiro atoms. The lowest BCUT2D eigenvalue weighted by Crippen LogP contribution is -2.47. The molecule has 1 unspecified atom stereocenters. The first-order chi connectivity index (χ1) is 7.29. The number of nitrogens with one attached hydrogen (secondary N) is 1. The summed E-state index contributed by atoms with van der Waals surface area (Å²) >= 11 is 0. The molecule has 2 nitrogen and oxygen atoms in total. The fourth-order valence-electron chi connectivity index (χ4n) is 2.95. The van der Waals surface area contributed by atoms with E-state index in [-0.39, 0.29) is 0 Å². The molecule has 0 bridgehead atoms. The summed E-state index contributed by atoms with van der Waals surface area (Å²) in [6, 6.07) is 0.931. The minimum absolute atomic E-state index is 0.580. The first kappa shape index (κ1) is 11.4. The zero-order valence-electron chi connectivity index (χ0n) is 10.4. The molecule has 0 radical (unpaired) electrons. The SMILES string of the molecule is CCN(CC1(CC)CCCNC1)C1CC1. The summed E-state index contributed by atoms with van der Waals surface area (Å²) in [6.45, 7) is 9.74. The van der Waals surface area contributed by atoms with Gasteiger partial charge in [0.1, 0.15) is 0 Å². The van der Waals surface area contributed by atoms with E-state index in [1.807, 2.05) is 0 Å². The second-order valence-electron chi connectivity index (χ2n) is 5.43. The van der Waals surface area contributed by atoms with Gasteiger partial charge in [0.25, 0.3) is 0 Å². The number of piperidine rings is 1. The summed E-state index contributed by atoms with van der Waals surface area (Å²) in [7, 11) is 0. The van der Waals surface area contributed by atoms with Crippen molar-refractivity contribution in [1.82, 2.24) is 10.2 Å². The molecule has 2 heteroatoms. The predicted molar refractivity (Wildman–Crippen MR) is 65.1 cm³/mol. The molecule has 0 amide bonds. The molecule has 1 aliphatic heterocycles. The Morgan fingerprint density at radius 2 is 2.13 bits per heavy atom. The molecule has 88 valence electrons. The van der Waals surface area contributed by atoms with Crippen LogP contribution in [-0.4, -0.2) is 37.1 Å². The molecule has 0 aromatic rings. The van der Waals surface area contributed by atoms with Crippen LogP contribution >= 0.6 is 0 Å². The van der Waals surface area contributed by atoms with E-state index >= 15 is 0 Å². The Kier molecular flexibility index (Phi) is 3.68. The molecule has 2 aliphatic rings. The van der Waals surface area contributed by atoms with Crippen molar-refractivity contribution in [2.45, 2.75) is 52.0 Å². The fourth-order valence-corrected chi connectivity index (χ4v) is 2.95. The molecule has 0 aromatic carbocycles. The van der Waals surface area contributed by atoms with Crippen LogP contribution < -0.4 is 5.32 Å². The van der Waals surface area contributed by atoms with Gasteiger partial charge in [0.05, 0.1) is 0 Å². The van der Waals surface area contributed by atoms with E-state index in [0.717, 1.165) is 6.04 Å². The minimum atomic E-state index is 0.580. The van der Waals surface area contributed by atoms with Crippen LogP contribution in [-0.2, 0) is 0 Å². The average molecular weight is 210 g/mol. The van der Waals surface area contributed by atoms with Crippen LogP contribution in [0.4, 0.5) is 0 Å². The van der Waals surface area contributed by atoms with Gasteiger partial charge in [-0.25, -0.2) is 0 Å². The molecule has 1 heterocycles. The van der Waals surface area contributed by atoms with Crippen molar-refractivity contribution in [3.05, 3.63) is 0 Å². The molecule has 1 saturated carbocycles. The van der Waals surface area contributed by atoms with E-state index in [1.54, 1.807) is 0 Å². The largest absolute Gasteiger partial charge is 0.316 e. The van der Waals surface area contributed by atoms with Crippen molar-refractivity contribution >= 4 is 0 Å². The van der Waals surface area contributed by atoms with E-state index < -0.39 is 0 Å². The molecule has 1 aliphatic carbocycles. The van der Waals surface area contributed by atoms with E-state index in [0.29, 0.717) is 5.41 Å². The third kappa shape index (κ3) is 2.73. The maximum Gasteiger partial charge on any atom is 0.00965 e. The van der Waals surface area contributed by atoms with Crippen molar-refractivity contribution in [1.29, 1.82) is 0 Å². The maximum absolute atomic E-state index is 3.59. The van der Waals surface area contributed by atoms with Crippen molar-refractivity contribution in [3.8, 4) is 0 Å². The van der Waals surface area contributed by atoms with Gasteiger partial charge in [0, 0.05) is 19.1 Å². The fraction of sp³-hybridized carbons (Fsp3) is 1.00. The quantitative estimate of drug-likeness (QED) is 0.749. The number of nitrogens with zero attached hydrogens (tertiary/aromatic N) is 1. The number of hydrogen-bond acceptors (Lipinski definition) is 2. The van der Waals surface area contributed by atoms with Crippen LogP contribution in [0.2, 0.25) is 0 Å². The topological polar surface area (TPSA) is 15.3 Å². The summed E-state index contributed by atoms with van der Waals surface area (Å²) in [5.41, 5.74) is 0.580. The summed E-state index contributed by atoms with van der Waals surface area (Å²) in [5.74, 6) is 0. The van der Waals surface area contributed by atoms with Gasteiger partial charge in [-0.05, 0) is 50.6 Å². The zero-order valence-corrected chi connectivity index (χ0v) is 10.4. The smallest absolute Gasteiger partial charge is 0.00965 e. The second kappa shape index (κ2) is 4.84. The lowest BCUT2D eigenvalue weighted by molar-refractivity contribution is 0.110. The second-order valence-corrected chi connectivity index (χ2v) is 5.43. The van der Waals surface area contributed by atoms with Gasteiger partial charge >= 0.3 is 0 Å².